The van der Waals surface area contributed by atoms with E-state index in [1.54, 1.807) is 13.8 Å². The van der Waals surface area contributed by atoms with Crippen molar-refractivity contribution in [3.63, 3.8) is 0 Å². The number of carboxylic acids is 2. The molecule has 0 saturated carbocycles. The van der Waals surface area contributed by atoms with E-state index >= 15 is 0 Å². The molecule has 0 aromatic heterocycles. The van der Waals surface area contributed by atoms with Crippen molar-refractivity contribution in [3.8, 4) is 0 Å². The number of carbonyl (C=O) groups excluding carboxylic acids is 3. The van der Waals surface area contributed by atoms with Crippen LogP contribution in [0, 0.1) is 5.92 Å². The summed E-state index contributed by atoms with van der Waals surface area (Å²) in [6, 6.07) is -5.47. The number of hydrogen-bond donors (Lipinski definition) is 8. The Morgan fingerprint density at radius 1 is 0.867 bits per heavy atom. The lowest BCUT2D eigenvalue weighted by atomic mass is 9.97. The topological polar surface area (TPSA) is 228 Å². The number of aliphatic hydroxyl groups excluding tert-OH is 2. The van der Waals surface area contributed by atoms with Crippen LogP contribution < -0.4 is 21.7 Å². The summed E-state index contributed by atoms with van der Waals surface area (Å²) in [6.45, 7) is 1.63. The Labute approximate surface area is 173 Å². The third-order valence-corrected chi connectivity index (χ3v) is 4.41. The van der Waals surface area contributed by atoms with Gasteiger partial charge >= 0.3 is 11.9 Å². The van der Waals surface area contributed by atoms with Gasteiger partial charge in [-0.2, -0.15) is 0 Å². The lowest BCUT2D eigenvalue weighted by molar-refractivity contribution is -0.143. The Bertz CT molecular complexity index is 628. The van der Waals surface area contributed by atoms with Gasteiger partial charge in [0, 0.05) is 6.42 Å². The maximum Gasteiger partial charge on any atom is 0.328 e. The van der Waals surface area contributed by atoms with Crippen LogP contribution in [0.2, 0.25) is 0 Å². The minimum atomic E-state index is -1.62. The fourth-order valence-electron chi connectivity index (χ4n) is 2.29. The molecule has 0 aromatic carbocycles. The van der Waals surface area contributed by atoms with Crippen LogP contribution >= 0.6 is 0 Å². The first kappa shape index (κ1) is 27.2. The summed E-state index contributed by atoms with van der Waals surface area (Å²) >= 11 is 0. The number of nitrogens with one attached hydrogen (secondary N) is 3. The predicted octanol–water partition coefficient (Wildman–Crippen LogP) is -3.25. The average Bonchev–Trinajstić information content (AvgIpc) is 2.70. The molecule has 5 unspecified atom stereocenters. The van der Waals surface area contributed by atoms with Crippen LogP contribution in [0.1, 0.15) is 33.1 Å². The lowest BCUT2D eigenvalue weighted by Crippen LogP contribution is -2.59. The molecule has 0 heterocycles. The van der Waals surface area contributed by atoms with E-state index < -0.39 is 73.0 Å². The average molecular weight is 434 g/mol. The summed E-state index contributed by atoms with van der Waals surface area (Å²) in [5.41, 5.74) is 5.64. The lowest BCUT2D eigenvalue weighted by Gasteiger charge is -2.27. The number of carbonyl (C=O) groups is 5. The molecule has 0 saturated heterocycles. The zero-order valence-electron chi connectivity index (χ0n) is 16.8. The standard InChI is InChI=1S/C17H30N4O9/c1-3-8(2)13(21-14(26)9(18)4-5-12(24)25)16(28)19-10(6-22)15(27)20-11(7-23)17(29)30/h8-11,13,22-23H,3-7,18H2,1-2H3,(H,19,28)(H,20,27)(H,21,26)(H,24,25)(H,29,30). The van der Waals surface area contributed by atoms with Crippen molar-refractivity contribution in [1.82, 2.24) is 16.0 Å². The molecule has 0 aliphatic rings. The molecule has 0 aromatic rings. The molecule has 0 fully saturated rings. The van der Waals surface area contributed by atoms with Gasteiger partial charge in [-0.15, -0.1) is 0 Å². The van der Waals surface area contributed by atoms with E-state index in [4.69, 9.17) is 21.1 Å². The number of amides is 3. The summed E-state index contributed by atoms with van der Waals surface area (Å²) in [7, 11) is 0. The van der Waals surface area contributed by atoms with Gasteiger partial charge in [0.2, 0.25) is 17.7 Å². The van der Waals surface area contributed by atoms with Gasteiger partial charge < -0.3 is 42.1 Å². The molecule has 30 heavy (non-hydrogen) atoms. The Kier molecular flexibility index (Phi) is 12.2. The van der Waals surface area contributed by atoms with Gasteiger partial charge in [-0.1, -0.05) is 20.3 Å². The molecule has 0 spiro atoms. The van der Waals surface area contributed by atoms with E-state index in [1.807, 2.05) is 5.32 Å². The zero-order valence-corrected chi connectivity index (χ0v) is 16.8. The maximum atomic E-state index is 12.6. The van der Waals surface area contributed by atoms with E-state index in [1.165, 1.54) is 0 Å². The first-order chi connectivity index (χ1) is 14.0. The molecular formula is C17H30N4O9. The number of aliphatic carboxylic acids is 2. The van der Waals surface area contributed by atoms with Crippen LogP contribution in [-0.2, 0) is 24.0 Å². The van der Waals surface area contributed by atoms with Gasteiger partial charge in [0.05, 0.1) is 19.3 Å². The summed E-state index contributed by atoms with van der Waals surface area (Å²) in [5, 5.41) is 42.5. The van der Waals surface area contributed by atoms with Gasteiger partial charge in [0.25, 0.3) is 0 Å². The smallest absolute Gasteiger partial charge is 0.328 e. The van der Waals surface area contributed by atoms with Gasteiger partial charge in [0.1, 0.15) is 18.1 Å². The molecule has 9 N–H and O–H groups in total. The molecule has 0 bridgehead atoms. The summed E-state index contributed by atoms with van der Waals surface area (Å²) in [4.78, 5) is 58.4. The van der Waals surface area contributed by atoms with Crippen LogP contribution in [0.4, 0.5) is 0 Å². The molecule has 5 atom stereocenters. The van der Waals surface area contributed by atoms with E-state index in [0.717, 1.165) is 0 Å². The van der Waals surface area contributed by atoms with Crippen LogP contribution in [0.15, 0.2) is 0 Å². The molecule has 0 aliphatic heterocycles. The van der Waals surface area contributed by atoms with Crippen molar-refractivity contribution in [1.29, 1.82) is 0 Å². The van der Waals surface area contributed by atoms with Gasteiger partial charge in [0.15, 0.2) is 0 Å². The van der Waals surface area contributed by atoms with Gasteiger partial charge in [-0.05, 0) is 12.3 Å². The van der Waals surface area contributed by atoms with Crippen molar-refractivity contribution in [2.75, 3.05) is 13.2 Å². The number of carboxylic acid groups (broad SMARTS) is 2. The molecule has 0 aliphatic carbocycles. The van der Waals surface area contributed by atoms with Crippen molar-refractivity contribution in [2.24, 2.45) is 11.7 Å². The van der Waals surface area contributed by atoms with E-state index in [2.05, 4.69) is 10.6 Å². The third kappa shape index (κ3) is 9.15. The van der Waals surface area contributed by atoms with E-state index in [9.17, 15) is 29.1 Å². The largest absolute Gasteiger partial charge is 0.481 e. The second kappa shape index (κ2) is 13.5. The molecule has 3 amide bonds. The maximum absolute atomic E-state index is 12.6. The molecule has 0 radical (unpaired) electrons. The molecule has 13 heteroatoms. The van der Waals surface area contributed by atoms with E-state index in [-0.39, 0.29) is 12.8 Å². The predicted molar refractivity (Wildman–Crippen MR) is 102 cm³/mol. The molecule has 172 valence electrons. The number of aliphatic hydroxyl groups is 2. The van der Waals surface area contributed by atoms with Crippen molar-refractivity contribution in [3.05, 3.63) is 0 Å². The highest BCUT2D eigenvalue weighted by Crippen LogP contribution is 2.09. The first-order valence-corrected chi connectivity index (χ1v) is 9.31. The highest BCUT2D eigenvalue weighted by atomic mass is 16.4. The summed E-state index contributed by atoms with van der Waals surface area (Å²) in [5.74, 6) is -5.67. The zero-order chi connectivity index (χ0) is 23.4. The van der Waals surface area contributed by atoms with Crippen LogP contribution in [0.3, 0.4) is 0 Å². The highest BCUT2D eigenvalue weighted by Gasteiger charge is 2.32. The van der Waals surface area contributed by atoms with Gasteiger partial charge in [-0.25, -0.2) is 4.79 Å². The van der Waals surface area contributed by atoms with Crippen LogP contribution in [0.5, 0.6) is 0 Å². The Balaban J connectivity index is 5.19. The van der Waals surface area contributed by atoms with Crippen LogP contribution in [-0.4, -0.2) is 87.5 Å². The summed E-state index contributed by atoms with van der Waals surface area (Å²) < 4.78 is 0. The van der Waals surface area contributed by atoms with Crippen molar-refractivity contribution in [2.45, 2.75) is 57.3 Å². The van der Waals surface area contributed by atoms with Crippen molar-refractivity contribution < 1.29 is 44.4 Å². The summed E-state index contributed by atoms with van der Waals surface area (Å²) in [6.07, 6.45) is -0.0309. The second-order valence-electron chi connectivity index (χ2n) is 6.74. The van der Waals surface area contributed by atoms with Crippen molar-refractivity contribution >= 4 is 29.7 Å². The van der Waals surface area contributed by atoms with E-state index in [0.29, 0.717) is 6.42 Å². The Morgan fingerprint density at radius 3 is 1.83 bits per heavy atom. The molecule has 0 rings (SSSR count). The Hall–Kier alpha value is -2.77. The number of nitrogens with two attached hydrogens (primary N) is 1. The van der Waals surface area contributed by atoms with Crippen LogP contribution in [0.25, 0.3) is 0 Å². The monoisotopic (exact) mass is 434 g/mol. The quantitative estimate of drug-likeness (QED) is 0.136. The first-order valence-electron chi connectivity index (χ1n) is 9.31. The van der Waals surface area contributed by atoms with Gasteiger partial charge in [-0.3, -0.25) is 19.2 Å². The number of hydrogen-bond acceptors (Lipinski definition) is 8. The Morgan fingerprint density at radius 2 is 1.40 bits per heavy atom. The third-order valence-electron chi connectivity index (χ3n) is 4.41. The highest BCUT2D eigenvalue weighted by molar-refractivity contribution is 5.94. The molecule has 13 nitrogen and oxygen atoms in total. The minimum absolute atomic E-state index is 0.143. The normalized spacial score (nSPS) is 15.8. The number of rotatable bonds is 14. The fraction of sp³-hybridized carbons (Fsp3) is 0.706. The SMILES string of the molecule is CCC(C)C(NC(=O)C(N)CCC(=O)O)C(=O)NC(CO)C(=O)NC(CO)C(=O)O. The minimum Gasteiger partial charge on any atom is -0.481 e. The second-order valence-corrected chi connectivity index (χ2v) is 6.74. The fourth-order valence-corrected chi connectivity index (χ4v) is 2.29. The molecular weight excluding hydrogens is 404 g/mol.